The van der Waals surface area contributed by atoms with Crippen LogP contribution in [-0.2, 0) is 6.42 Å². The normalized spacial score (nSPS) is 12.5. The predicted molar refractivity (Wildman–Crippen MR) is 107 cm³/mol. The molecular formula is C23H40O. The van der Waals surface area contributed by atoms with Gasteiger partial charge in [-0.1, -0.05) is 90.7 Å². The lowest BCUT2D eigenvalue weighted by Crippen LogP contribution is -1.99. The molecule has 0 aliphatic heterocycles. The van der Waals surface area contributed by atoms with Crippen molar-refractivity contribution in [3.8, 4) is 5.75 Å². The summed E-state index contributed by atoms with van der Waals surface area (Å²) in [5.41, 5.74) is 3.61. The van der Waals surface area contributed by atoms with Gasteiger partial charge in [0.2, 0.25) is 0 Å². The number of phenolic OH excluding ortho intramolecular Hbond substituents is 1. The van der Waals surface area contributed by atoms with Crippen LogP contribution in [0.3, 0.4) is 0 Å². The Kier molecular flexibility index (Phi) is 10.9. The molecule has 0 aliphatic carbocycles. The van der Waals surface area contributed by atoms with Crippen molar-refractivity contribution in [2.24, 2.45) is 0 Å². The van der Waals surface area contributed by atoms with Crippen molar-refractivity contribution in [2.45, 2.75) is 111 Å². The van der Waals surface area contributed by atoms with Gasteiger partial charge < -0.3 is 5.11 Å². The maximum Gasteiger partial charge on any atom is 0.121 e. The van der Waals surface area contributed by atoms with Crippen molar-refractivity contribution in [3.05, 3.63) is 28.8 Å². The van der Waals surface area contributed by atoms with Gasteiger partial charge in [0.15, 0.2) is 0 Å². The summed E-state index contributed by atoms with van der Waals surface area (Å²) < 4.78 is 0. The molecule has 0 fully saturated rings. The Labute approximate surface area is 150 Å². The zero-order valence-electron chi connectivity index (χ0n) is 16.7. The lowest BCUT2D eigenvalue weighted by Gasteiger charge is -2.17. The third-order valence-electron chi connectivity index (χ3n) is 5.23. The quantitative estimate of drug-likeness (QED) is 0.367. The van der Waals surface area contributed by atoms with Gasteiger partial charge in [-0.15, -0.1) is 0 Å². The lowest BCUT2D eigenvalue weighted by molar-refractivity contribution is 0.452. The predicted octanol–water partition coefficient (Wildman–Crippen LogP) is 7.68. The second-order valence-corrected chi connectivity index (χ2v) is 7.62. The summed E-state index contributed by atoms with van der Waals surface area (Å²) in [7, 11) is 0. The van der Waals surface area contributed by atoms with Crippen molar-refractivity contribution in [1.82, 2.24) is 0 Å². The van der Waals surface area contributed by atoms with E-state index in [1.807, 2.05) is 6.92 Å². The molecule has 0 amide bonds. The average molecular weight is 333 g/mol. The van der Waals surface area contributed by atoms with E-state index in [0.29, 0.717) is 11.7 Å². The summed E-state index contributed by atoms with van der Waals surface area (Å²) >= 11 is 0. The van der Waals surface area contributed by atoms with Crippen LogP contribution in [0.5, 0.6) is 5.75 Å². The van der Waals surface area contributed by atoms with E-state index in [0.717, 1.165) is 12.0 Å². The number of unbranched alkanes of at least 4 members (excludes halogenated alkanes) is 8. The molecule has 0 saturated carbocycles. The van der Waals surface area contributed by atoms with Gasteiger partial charge in [0.1, 0.15) is 5.75 Å². The highest BCUT2D eigenvalue weighted by molar-refractivity contribution is 5.44. The Morgan fingerprint density at radius 2 is 1.42 bits per heavy atom. The molecule has 0 spiro atoms. The first kappa shape index (κ1) is 21.1. The van der Waals surface area contributed by atoms with Gasteiger partial charge >= 0.3 is 0 Å². The molecule has 0 bridgehead atoms. The minimum Gasteiger partial charge on any atom is -0.507 e. The molecule has 1 unspecified atom stereocenters. The van der Waals surface area contributed by atoms with Crippen LogP contribution in [0.25, 0.3) is 0 Å². The van der Waals surface area contributed by atoms with Crippen molar-refractivity contribution in [2.75, 3.05) is 0 Å². The number of hydrogen-bond acceptors (Lipinski definition) is 1. The summed E-state index contributed by atoms with van der Waals surface area (Å²) in [6.45, 7) is 8.82. The van der Waals surface area contributed by atoms with E-state index in [4.69, 9.17) is 0 Å². The van der Waals surface area contributed by atoms with Crippen LogP contribution in [0.4, 0.5) is 0 Å². The van der Waals surface area contributed by atoms with Crippen molar-refractivity contribution < 1.29 is 5.11 Å². The van der Waals surface area contributed by atoms with Gasteiger partial charge in [-0.3, -0.25) is 0 Å². The van der Waals surface area contributed by atoms with E-state index in [1.54, 1.807) is 0 Å². The fourth-order valence-electron chi connectivity index (χ4n) is 3.52. The van der Waals surface area contributed by atoms with Crippen LogP contribution in [-0.4, -0.2) is 5.11 Å². The zero-order valence-corrected chi connectivity index (χ0v) is 16.7. The fourth-order valence-corrected chi connectivity index (χ4v) is 3.52. The second-order valence-electron chi connectivity index (χ2n) is 7.62. The number of phenols is 1. The van der Waals surface area contributed by atoms with Crippen molar-refractivity contribution >= 4 is 0 Å². The van der Waals surface area contributed by atoms with Crippen LogP contribution in [0.1, 0.15) is 114 Å². The highest BCUT2D eigenvalue weighted by Crippen LogP contribution is 2.33. The first-order valence-electron chi connectivity index (χ1n) is 10.4. The molecule has 0 saturated heterocycles. The largest absolute Gasteiger partial charge is 0.507 e. The van der Waals surface area contributed by atoms with Crippen LogP contribution in [0.2, 0.25) is 0 Å². The maximum atomic E-state index is 10.4. The lowest BCUT2D eigenvalue weighted by atomic mass is 9.90. The summed E-state index contributed by atoms with van der Waals surface area (Å²) in [5.74, 6) is 0.993. The number of benzene rings is 1. The highest BCUT2D eigenvalue weighted by atomic mass is 16.3. The topological polar surface area (TPSA) is 20.2 Å². The molecule has 1 nitrogen and oxygen atoms in total. The Hall–Kier alpha value is -0.980. The first-order valence-corrected chi connectivity index (χ1v) is 10.4. The Morgan fingerprint density at radius 1 is 0.833 bits per heavy atom. The number of aromatic hydroxyl groups is 1. The number of rotatable bonds is 13. The van der Waals surface area contributed by atoms with Gasteiger partial charge in [-0.2, -0.15) is 0 Å². The first-order chi connectivity index (χ1) is 11.6. The van der Waals surface area contributed by atoms with E-state index in [1.165, 1.54) is 81.8 Å². The number of hydrogen-bond donors (Lipinski definition) is 1. The zero-order chi connectivity index (χ0) is 17.8. The third kappa shape index (κ3) is 7.73. The summed E-state index contributed by atoms with van der Waals surface area (Å²) in [6, 6.07) is 4.42. The van der Waals surface area contributed by atoms with E-state index >= 15 is 0 Å². The van der Waals surface area contributed by atoms with Crippen molar-refractivity contribution in [1.29, 1.82) is 0 Å². The van der Waals surface area contributed by atoms with E-state index in [9.17, 15) is 5.11 Å². The van der Waals surface area contributed by atoms with Crippen LogP contribution < -0.4 is 0 Å². The molecule has 1 rings (SSSR count). The molecule has 0 radical (unpaired) electrons. The molecule has 1 N–H and O–H groups in total. The summed E-state index contributed by atoms with van der Waals surface area (Å²) in [4.78, 5) is 0. The van der Waals surface area contributed by atoms with Gasteiger partial charge in [0, 0.05) is 0 Å². The summed E-state index contributed by atoms with van der Waals surface area (Å²) in [5, 5.41) is 10.4. The van der Waals surface area contributed by atoms with Gasteiger partial charge in [-0.25, -0.2) is 0 Å². The molecule has 1 atom stereocenters. The SMILES string of the molecule is CCCCCCCCCCC(C)c1cc(CCCC)cc(C)c1O. The van der Waals surface area contributed by atoms with Gasteiger partial charge in [-0.05, 0) is 48.8 Å². The molecule has 1 heteroatoms. The molecule has 1 aromatic rings. The standard InChI is InChI=1S/C23H40O/c1-5-7-9-10-11-12-13-14-15-19(3)22-18-21(16-8-6-2)17-20(4)23(22)24/h17-19,24H,5-16H2,1-4H3. The maximum absolute atomic E-state index is 10.4. The van der Waals surface area contributed by atoms with Gasteiger partial charge in [0.05, 0.1) is 0 Å². The van der Waals surface area contributed by atoms with E-state index in [2.05, 4.69) is 32.9 Å². The fraction of sp³-hybridized carbons (Fsp3) is 0.739. The molecular weight excluding hydrogens is 292 g/mol. The smallest absolute Gasteiger partial charge is 0.121 e. The molecule has 1 aromatic carbocycles. The van der Waals surface area contributed by atoms with Crippen LogP contribution in [0.15, 0.2) is 12.1 Å². The van der Waals surface area contributed by atoms with Gasteiger partial charge in [0.25, 0.3) is 0 Å². The van der Waals surface area contributed by atoms with E-state index < -0.39 is 0 Å². The van der Waals surface area contributed by atoms with E-state index in [-0.39, 0.29) is 0 Å². The molecule has 0 heterocycles. The van der Waals surface area contributed by atoms with Crippen LogP contribution >= 0.6 is 0 Å². The Bertz CT molecular complexity index is 450. The average Bonchev–Trinajstić information content (AvgIpc) is 2.57. The minimum absolute atomic E-state index is 0.463. The third-order valence-corrected chi connectivity index (χ3v) is 5.23. The Morgan fingerprint density at radius 3 is 2.04 bits per heavy atom. The summed E-state index contributed by atoms with van der Waals surface area (Å²) in [6.07, 6.45) is 15.7. The number of aryl methyl sites for hydroxylation is 2. The molecule has 138 valence electrons. The minimum atomic E-state index is 0.463. The molecule has 0 aliphatic rings. The monoisotopic (exact) mass is 332 g/mol. The van der Waals surface area contributed by atoms with Crippen LogP contribution in [0, 0.1) is 6.92 Å². The second kappa shape index (κ2) is 12.4. The Balaban J connectivity index is 2.40. The molecule has 0 aromatic heterocycles. The highest BCUT2D eigenvalue weighted by Gasteiger charge is 2.13. The molecule has 24 heavy (non-hydrogen) atoms. The van der Waals surface area contributed by atoms with Crippen molar-refractivity contribution in [3.63, 3.8) is 0 Å².